The lowest BCUT2D eigenvalue weighted by Crippen LogP contribution is -2.35. The molecule has 0 spiro atoms. The number of hydrogen-bond donors (Lipinski definition) is 5. The molecule has 194 valence electrons. The predicted molar refractivity (Wildman–Crippen MR) is 138 cm³/mol. The molecule has 0 amide bonds. The summed E-state index contributed by atoms with van der Waals surface area (Å²) < 4.78 is 0. The molecule has 0 unspecified atom stereocenters. The Bertz CT molecular complexity index is 859. The van der Waals surface area contributed by atoms with Gasteiger partial charge in [-0.25, -0.2) is 4.98 Å². The summed E-state index contributed by atoms with van der Waals surface area (Å²) in [5.41, 5.74) is 0.924. The maximum absolute atomic E-state index is 4.62. The second-order valence-electron chi connectivity index (χ2n) is 9.79. The Morgan fingerprint density at radius 3 is 2.66 bits per heavy atom. The first-order chi connectivity index (χ1) is 17.2. The zero-order valence-electron chi connectivity index (χ0n) is 21.2. The highest BCUT2D eigenvalue weighted by Crippen LogP contribution is 2.17. The minimum atomic E-state index is 0.447. The molecule has 1 saturated heterocycles. The zero-order chi connectivity index (χ0) is 24.1. The number of nitrogens with zero attached hydrogens (tertiary/aromatic N) is 6. The van der Waals surface area contributed by atoms with Crippen LogP contribution in [0, 0.1) is 6.92 Å². The molecule has 11 nitrogen and oxygen atoms in total. The molecular weight excluding hydrogens is 442 g/mol. The number of tetrazole rings is 1. The normalized spacial score (nSPS) is 17.5. The molecule has 1 saturated carbocycles. The molecule has 4 rings (SSSR count). The molecule has 2 aromatic rings. The Balaban J connectivity index is 1.09. The Morgan fingerprint density at radius 1 is 0.971 bits per heavy atom. The topological polar surface area (TPSA) is 130 Å². The quantitative estimate of drug-likeness (QED) is 0.253. The van der Waals surface area contributed by atoms with Gasteiger partial charge in [0.2, 0.25) is 5.95 Å². The molecule has 35 heavy (non-hydrogen) atoms. The number of anilines is 2. The van der Waals surface area contributed by atoms with Gasteiger partial charge in [-0.05, 0) is 83.4 Å². The van der Waals surface area contributed by atoms with Gasteiger partial charge in [-0.2, -0.15) is 9.78 Å². The largest absolute Gasteiger partial charge is 0.367 e. The summed E-state index contributed by atoms with van der Waals surface area (Å²) in [4.78, 5) is 10.8. The van der Waals surface area contributed by atoms with Gasteiger partial charge < -0.3 is 26.6 Å². The molecule has 0 bridgehead atoms. The molecule has 0 aromatic carbocycles. The smallest absolute Gasteiger partial charge is 0.225 e. The number of hydrogen-bond acceptors (Lipinski definition) is 10. The summed E-state index contributed by atoms with van der Waals surface area (Å²) in [7, 11) is 0. The summed E-state index contributed by atoms with van der Waals surface area (Å²) in [6.45, 7) is 8.39. The van der Waals surface area contributed by atoms with Crippen LogP contribution in [0.25, 0.3) is 0 Å². The third-order valence-corrected chi connectivity index (χ3v) is 6.72. The lowest BCUT2D eigenvalue weighted by atomic mass is 9.95. The van der Waals surface area contributed by atoms with Crippen LogP contribution in [0.1, 0.15) is 69.3 Å². The van der Waals surface area contributed by atoms with Crippen molar-refractivity contribution in [1.82, 2.24) is 46.1 Å². The van der Waals surface area contributed by atoms with E-state index in [1.807, 2.05) is 13.0 Å². The fourth-order valence-corrected chi connectivity index (χ4v) is 4.79. The Labute approximate surface area is 209 Å². The van der Waals surface area contributed by atoms with Crippen LogP contribution < -0.4 is 26.6 Å². The molecule has 1 aliphatic heterocycles. The first kappa shape index (κ1) is 25.7. The highest BCUT2D eigenvalue weighted by atomic mass is 15.6. The summed E-state index contributed by atoms with van der Waals surface area (Å²) in [6, 6.07) is 3.19. The second kappa shape index (κ2) is 14.3. The van der Waals surface area contributed by atoms with Crippen molar-refractivity contribution < 1.29 is 0 Å². The van der Waals surface area contributed by atoms with E-state index in [1.54, 1.807) is 4.80 Å². The van der Waals surface area contributed by atoms with Crippen LogP contribution in [0.3, 0.4) is 0 Å². The van der Waals surface area contributed by atoms with Gasteiger partial charge in [0, 0.05) is 23.8 Å². The predicted octanol–water partition coefficient (Wildman–Crippen LogP) is 1.84. The van der Waals surface area contributed by atoms with Crippen molar-refractivity contribution >= 4 is 11.8 Å². The van der Waals surface area contributed by atoms with Crippen molar-refractivity contribution in [3.05, 3.63) is 17.6 Å². The lowest BCUT2D eigenvalue weighted by Gasteiger charge is -2.24. The van der Waals surface area contributed by atoms with Crippen LogP contribution >= 0.6 is 0 Å². The average molecular weight is 486 g/mol. The van der Waals surface area contributed by atoms with Gasteiger partial charge in [0.05, 0.1) is 13.1 Å². The Kier molecular flexibility index (Phi) is 10.5. The van der Waals surface area contributed by atoms with E-state index < -0.39 is 0 Å². The SMILES string of the molecule is Cc1cc(NC2CCNCC2)nc(NCc2nnn(CCCNCCCNC3CCCCC3)n2)n1. The van der Waals surface area contributed by atoms with Crippen molar-refractivity contribution in [3.8, 4) is 0 Å². The minimum Gasteiger partial charge on any atom is -0.367 e. The Hall–Kier alpha value is -2.37. The summed E-state index contributed by atoms with van der Waals surface area (Å²) >= 11 is 0. The zero-order valence-corrected chi connectivity index (χ0v) is 21.2. The Morgan fingerprint density at radius 2 is 1.80 bits per heavy atom. The summed E-state index contributed by atoms with van der Waals surface area (Å²) in [5, 5.41) is 30.2. The van der Waals surface area contributed by atoms with E-state index in [1.165, 1.54) is 38.5 Å². The summed E-state index contributed by atoms with van der Waals surface area (Å²) in [5.74, 6) is 2.09. The number of nitrogens with one attached hydrogen (secondary N) is 5. The lowest BCUT2D eigenvalue weighted by molar-refractivity contribution is 0.370. The molecule has 2 fully saturated rings. The molecular formula is C24H43N11. The average Bonchev–Trinajstić information content (AvgIpc) is 3.33. The van der Waals surface area contributed by atoms with Crippen LogP contribution in [0.2, 0.25) is 0 Å². The van der Waals surface area contributed by atoms with E-state index in [9.17, 15) is 0 Å². The van der Waals surface area contributed by atoms with Gasteiger partial charge in [0.25, 0.3) is 0 Å². The molecule has 5 N–H and O–H groups in total. The molecule has 11 heteroatoms. The van der Waals surface area contributed by atoms with E-state index in [0.29, 0.717) is 24.4 Å². The monoisotopic (exact) mass is 485 g/mol. The van der Waals surface area contributed by atoms with Gasteiger partial charge in [0.1, 0.15) is 5.82 Å². The van der Waals surface area contributed by atoms with Crippen molar-refractivity contribution in [2.24, 2.45) is 0 Å². The van der Waals surface area contributed by atoms with Gasteiger partial charge in [-0.15, -0.1) is 10.2 Å². The maximum atomic E-state index is 4.62. The molecule has 1 aliphatic carbocycles. The highest BCUT2D eigenvalue weighted by Gasteiger charge is 2.14. The minimum absolute atomic E-state index is 0.447. The number of rotatable bonds is 14. The van der Waals surface area contributed by atoms with Crippen molar-refractivity contribution in [2.75, 3.05) is 43.4 Å². The number of piperidine rings is 1. The van der Waals surface area contributed by atoms with Crippen LogP contribution in [0.15, 0.2) is 6.07 Å². The molecule has 2 aliphatic rings. The molecule has 3 heterocycles. The maximum Gasteiger partial charge on any atom is 0.225 e. The van der Waals surface area contributed by atoms with Crippen molar-refractivity contribution in [3.63, 3.8) is 0 Å². The fourth-order valence-electron chi connectivity index (χ4n) is 4.79. The van der Waals surface area contributed by atoms with Crippen LogP contribution in [-0.4, -0.2) is 75.0 Å². The van der Waals surface area contributed by atoms with E-state index in [2.05, 4.69) is 52.0 Å². The standard InChI is InChI=1S/C24H43N11/c1-19-17-22(30-21-9-14-26-15-10-21)31-24(29-19)28-18-23-32-34-35(33-23)16-6-12-25-11-5-13-27-20-7-3-2-4-8-20/h17,20-21,25-27H,2-16,18H2,1H3,(H2,28,29,30,31). The van der Waals surface area contributed by atoms with Crippen LogP contribution in [0.4, 0.5) is 11.8 Å². The van der Waals surface area contributed by atoms with Gasteiger partial charge in [-0.3, -0.25) is 0 Å². The van der Waals surface area contributed by atoms with Crippen molar-refractivity contribution in [2.45, 2.75) is 89.9 Å². The molecule has 2 aromatic heterocycles. The second-order valence-corrected chi connectivity index (χ2v) is 9.79. The van der Waals surface area contributed by atoms with Crippen molar-refractivity contribution in [1.29, 1.82) is 0 Å². The number of aromatic nitrogens is 6. The van der Waals surface area contributed by atoms with E-state index >= 15 is 0 Å². The highest BCUT2D eigenvalue weighted by molar-refractivity contribution is 5.43. The van der Waals surface area contributed by atoms with E-state index in [-0.39, 0.29) is 0 Å². The molecule has 0 radical (unpaired) electrons. The van der Waals surface area contributed by atoms with Gasteiger partial charge >= 0.3 is 0 Å². The fraction of sp³-hybridized carbons (Fsp3) is 0.792. The van der Waals surface area contributed by atoms with E-state index in [4.69, 9.17) is 0 Å². The third-order valence-electron chi connectivity index (χ3n) is 6.72. The first-order valence-electron chi connectivity index (χ1n) is 13.5. The molecule has 0 atom stereocenters. The summed E-state index contributed by atoms with van der Waals surface area (Å²) in [6.07, 6.45) is 11.3. The third kappa shape index (κ3) is 9.30. The van der Waals surface area contributed by atoms with Gasteiger partial charge in [-0.1, -0.05) is 19.3 Å². The van der Waals surface area contributed by atoms with Crippen LogP contribution in [0.5, 0.6) is 0 Å². The first-order valence-corrected chi connectivity index (χ1v) is 13.5. The van der Waals surface area contributed by atoms with Crippen LogP contribution in [-0.2, 0) is 13.1 Å². The van der Waals surface area contributed by atoms with E-state index in [0.717, 1.165) is 76.1 Å². The van der Waals surface area contributed by atoms with Gasteiger partial charge in [0.15, 0.2) is 5.82 Å². The number of aryl methyl sites for hydroxylation is 2.